The van der Waals surface area contributed by atoms with E-state index in [0.29, 0.717) is 6.54 Å². The summed E-state index contributed by atoms with van der Waals surface area (Å²) < 4.78 is 0. The fourth-order valence-electron chi connectivity index (χ4n) is 1.57. The van der Waals surface area contributed by atoms with Crippen LogP contribution in [-0.2, 0) is 0 Å². The second kappa shape index (κ2) is 21.2. The van der Waals surface area contributed by atoms with E-state index < -0.39 is 0 Å². The molecule has 106 valence electrons. The molecule has 0 aromatic rings. The van der Waals surface area contributed by atoms with Crippen molar-refractivity contribution in [2.24, 2.45) is 5.73 Å². The Kier molecular flexibility index (Phi) is 24.0. The van der Waals surface area contributed by atoms with Crippen LogP contribution in [0.4, 0.5) is 0 Å². The van der Waals surface area contributed by atoms with Crippen LogP contribution in [-0.4, -0.2) is 13.1 Å². The smallest absolute Gasteiger partial charge is 0.0749 e. The van der Waals surface area contributed by atoms with Crippen molar-refractivity contribution in [3.05, 3.63) is 5.21 Å². The molecule has 17 heavy (non-hydrogen) atoms. The lowest BCUT2D eigenvalue weighted by atomic mass is 10.1. The fraction of sp³-hybridized carbons (Fsp3) is 1.00. The first-order valence-corrected chi connectivity index (χ1v) is 7.47. The Morgan fingerprint density at radius 2 is 1.24 bits per heavy atom. The molecule has 0 radical (unpaired) electrons. The van der Waals surface area contributed by atoms with Crippen molar-refractivity contribution >= 4 is 0 Å². The van der Waals surface area contributed by atoms with Gasteiger partial charge in [-0.15, -0.1) is 0 Å². The zero-order valence-corrected chi connectivity index (χ0v) is 12.0. The topological polar surface area (TPSA) is 65.7 Å². The Balaban J connectivity index is 0. The van der Waals surface area contributed by atoms with Crippen LogP contribution < -0.4 is 11.2 Å². The number of hydrogen-bond acceptors (Lipinski definition) is 2. The molecule has 0 rings (SSSR count). The second-order valence-electron chi connectivity index (χ2n) is 4.57. The minimum absolute atomic E-state index is 0.708. The zero-order chi connectivity index (χ0) is 13.2. The SMILES string of the molecule is CCCCCCCCCCCN.CCC[NH2+][O-]. The van der Waals surface area contributed by atoms with Gasteiger partial charge < -0.3 is 16.4 Å². The molecule has 0 saturated carbocycles. The minimum Gasteiger partial charge on any atom is -0.636 e. The predicted octanol–water partition coefficient (Wildman–Crippen LogP) is 2.93. The van der Waals surface area contributed by atoms with Gasteiger partial charge in [0.1, 0.15) is 0 Å². The van der Waals surface area contributed by atoms with Crippen molar-refractivity contribution in [2.75, 3.05) is 13.1 Å². The Hall–Kier alpha value is -0.120. The summed E-state index contributed by atoms with van der Waals surface area (Å²) in [5.41, 5.74) is 6.34. The highest BCUT2D eigenvalue weighted by atomic mass is 16.5. The molecule has 0 fully saturated rings. The number of hydroxylamine groups is 1. The van der Waals surface area contributed by atoms with Crippen molar-refractivity contribution in [1.82, 2.24) is 0 Å². The lowest BCUT2D eigenvalue weighted by molar-refractivity contribution is -0.588. The van der Waals surface area contributed by atoms with Gasteiger partial charge in [0.15, 0.2) is 0 Å². The van der Waals surface area contributed by atoms with E-state index in [4.69, 9.17) is 5.73 Å². The average Bonchev–Trinajstić information content (AvgIpc) is 2.34. The highest BCUT2D eigenvalue weighted by Gasteiger charge is 1.90. The molecule has 0 heterocycles. The van der Waals surface area contributed by atoms with Crippen molar-refractivity contribution < 1.29 is 5.48 Å². The molecular weight excluding hydrogens is 212 g/mol. The molecule has 0 amide bonds. The molecule has 0 aliphatic rings. The van der Waals surface area contributed by atoms with Gasteiger partial charge in [-0.2, -0.15) is 0 Å². The number of quaternary nitrogens is 1. The maximum Gasteiger partial charge on any atom is 0.0749 e. The monoisotopic (exact) mass is 246 g/mol. The summed E-state index contributed by atoms with van der Waals surface area (Å²) in [7, 11) is 0. The van der Waals surface area contributed by atoms with Gasteiger partial charge in [-0.1, -0.05) is 65.2 Å². The van der Waals surface area contributed by atoms with Crippen LogP contribution in [0.25, 0.3) is 0 Å². The molecule has 3 nitrogen and oxygen atoms in total. The summed E-state index contributed by atoms with van der Waals surface area (Å²) in [6.07, 6.45) is 13.4. The highest BCUT2D eigenvalue weighted by molar-refractivity contribution is 4.46. The average molecular weight is 246 g/mol. The molecule has 0 saturated heterocycles. The molecule has 3 heteroatoms. The van der Waals surface area contributed by atoms with E-state index in [1.807, 2.05) is 6.92 Å². The number of unbranched alkanes of at least 4 members (excludes halogenated alkanes) is 8. The lowest BCUT2D eigenvalue weighted by Crippen LogP contribution is -2.77. The Morgan fingerprint density at radius 1 is 0.765 bits per heavy atom. The zero-order valence-electron chi connectivity index (χ0n) is 12.0. The van der Waals surface area contributed by atoms with Gasteiger partial charge in [0.2, 0.25) is 0 Å². The van der Waals surface area contributed by atoms with Crippen LogP contribution in [0.2, 0.25) is 0 Å². The van der Waals surface area contributed by atoms with Crippen LogP contribution >= 0.6 is 0 Å². The molecule has 0 spiro atoms. The standard InChI is InChI=1S/C11H25N.C3H9NO/c1-2-3-4-5-6-7-8-9-10-11-12;1-2-3-4-5/h2-12H2,1H3;2-4H2,1H3. The number of rotatable bonds is 11. The normalized spacial score (nSPS) is 9.88. The van der Waals surface area contributed by atoms with Crippen LogP contribution in [0.15, 0.2) is 0 Å². The van der Waals surface area contributed by atoms with E-state index in [2.05, 4.69) is 6.92 Å². The summed E-state index contributed by atoms with van der Waals surface area (Å²) in [5.74, 6) is 0. The molecule has 0 aromatic carbocycles. The van der Waals surface area contributed by atoms with E-state index >= 15 is 0 Å². The quantitative estimate of drug-likeness (QED) is 0.435. The molecule has 0 unspecified atom stereocenters. The van der Waals surface area contributed by atoms with E-state index in [1.54, 1.807) is 0 Å². The van der Waals surface area contributed by atoms with Gasteiger partial charge >= 0.3 is 0 Å². The van der Waals surface area contributed by atoms with Crippen molar-refractivity contribution in [3.8, 4) is 0 Å². The van der Waals surface area contributed by atoms with Gasteiger partial charge in [0.25, 0.3) is 0 Å². The summed E-state index contributed by atoms with van der Waals surface area (Å²) in [4.78, 5) is 0. The third-order valence-corrected chi connectivity index (χ3v) is 2.71. The van der Waals surface area contributed by atoms with Gasteiger partial charge in [-0.05, 0) is 19.4 Å². The van der Waals surface area contributed by atoms with Gasteiger partial charge in [0, 0.05) is 0 Å². The predicted molar refractivity (Wildman–Crippen MR) is 76.7 cm³/mol. The summed E-state index contributed by atoms with van der Waals surface area (Å²) in [5, 5.41) is 9.40. The van der Waals surface area contributed by atoms with E-state index in [9.17, 15) is 5.21 Å². The Labute approximate surface area is 108 Å². The summed E-state index contributed by atoms with van der Waals surface area (Å²) in [6, 6.07) is 0. The first-order chi connectivity index (χ1) is 8.33. The first kappa shape index (κ1) is 19.2. The third kappa shape index (κ3) is 25.8. The Bertz CT molecular complexity index is 98.4. The van der Waals surface area contributed by atoms with Gasteiger partial charge in [-0.3, -0.25) is 0 Å². The first-order valence-electron chi connectivity index (χ1n) is 7.47. The molecule has 0 bridgehead atoms. The molecule has 0 aliphatic carbocycles. The number of nitrogens with two attached hydrogens (primary N) is 2. The highest BCUT2D eigenvalue weighted by Crippen LogP contribution is 2.08. The molecule has 0 atom stereocenters. The van der Waals surface area contributed by atoms with Crippen LogP contribution in [0.5, 0.6) is 0 Å². The Morgan fingerprint density at radius 3 is 1.53 bits per heavy atom. The van der Waals surface area contributed by atoms with Crippen molar-refractivity contribution in [1.29, 1.82) is 0 Å². The van der Waals surface area contributed by atoms with E-state index in [-0.39, 0.29) is 0 Å². The number of hydrogen-bond donors (Lipinski definition) is 2. The van der Waals surface area contributed by atoms with Gasteiger partial charge in [-0.25, -0.2) is 0 Å². The fourth-order valence-corrected chi connectivity index (χ4v) is 1.57. The van der Waals surface area contributed by atoms with E-state index in [1.165, 1.54) is 57.8 Å². The molecule has 0 aromatic heterocycles. The maximum absolute atomic E-state index is 9.40. The second-order valence-corrected chi connectivity index (χ2v) is 4.57. The summed E-state index contributed by atoms with van der Waals surface area (Å²) >= 11 is 0. The maximum atomic E-state index is 9.40. The minimum atomic E-state index is 0.708. The van der Waals surface area contributed by atoms with Gasteiger partial charge in [0.05, 0.1) is 6.54 Å². The van der Waals surface area contributed by atoms with Crippen LogP contribution in [0, 0.1) is 5.21 Å². The van der Waals surface area contributed by atoms with E-state index in [0.717, 1.165) is 18.4 Å². The van der Waals surface area contributed by atoms with Crippen molar-refractivity contribution in [2.45, 2.75) is 78.1 Å². The molecule has 0 aliphatic heterocycles. The molecular formula is C14H34N2O. The van der Waals surface area contributed by atoms with Crippen LogP contribution in [0.3, 0.4) is 0 Å². The lowest BCUT2D eigenvalue weighted by Gasteiger charge is -1.99. The molecule has 4 N–H and O–H groups in total. The van der Waals surface area contributed by atoms with Crippen molar-refractivity contribution in [3.63, 3.8) is 0 Å². The largest absolute Gasteiger partial charge is 0.636 e. The van der Waals surface area contributed by atoms with Crippen LogP contribution in [0.1, 0.15) is 78.1 Å². The third-order valence-electron chi connectivity index (χ3n) is 2.71. The summed E-state index contributed by atoms with van der Waals surface area (Å²) in [6.45, 7) is 5.82.